The highest BCUT2D eigenvalue weighted by Crippen LogP contribution is 2.60. The van der Waals surface area contributed by atoms with E-state index in [0.717, 1.165) is 60.9 Å². The molecule has 1 fully saturated rings. The van der Waals surface area contributed by atoms with Gasteiger partial charge in [-0.15, -0.1) is 0 Å². The number of carbonyl (C=O) groups excluding carboxylic acids is 1. The molecule has 0 saturated heterocycles. The second-order valence-electron chi connectivity index (χ2n) is 11.6. The fourth-order valence-electron chi connectivity index (χ4n) is 7.61. The topological polar surface area (TPSA) is 127 Å². The molecule has 2 aromatic carbocycles. The van der Waals surface area contributed by atoms with Gasteiger partial charge >= 0.3 is 10.3 Å². The van der Waals surface area contributed by atoms with Crippen molar-refractivity contribution in [2.45, 2.75) is 70.1 Å². The van der Waals surface area contributed by atoms with Crippen LogP contribution in [0.1, 0.15) is 83.0 Å². The molecule has 1 heterocycles. The monoisotopic (exact) mass is 548 g/mol. The van der Waals surface area contributed by atoms with Crippen molar-refractivity contribution in [3.05, 3.63) is 81.7 Å². The summed E-state index contributed by atoms with van der Waals surface area (Å²) in [4.78, 5) is 13.2. The van der Waals surface area contributed by atoms with Gasteiger partial charge in [0.15, 0.2) is 0 Å². The fourth-order valence-corrected chi connectivity index (χ4v) is 8.02. The Morgan fingerprint density at radius 2 is 2.03 bits per heavy atom. The number of fused-ring (bicyclic) bond motifs is 7. The molecule has 0 bridgehead atoms. The van der Waals surface area contributed by atoms with Crippen LogP contribution < -0.4 is 14.6 Å². The average molecular weight is 549 g/mol. The van der Waals surface area contributed by atoms with Gasteiger partial charge in [-0.3, -0.25) is 9.89 Å². The lowest BCUT2D eigenvalue weighted by molar-refractivity contribution is 0.0940. The van der Waals surface area contributed by atoms with Gasteiger partial charge in [0.2, 0.25) is 0 Å². The van der Waals surface area contributed by atoms with Gasteiger partial charge in [-0.05, 0) is 91.0 Å². The van der Waals surface area contributed by atoms with Crippen molar-refractivity contribution >= 4 is 16.2 Å². The zero-order chi connectivity index (χ0) is 27.4. The fraction of sp³-hybridized carbons (Fsp3) is 0.467. The van der Waals surface area contributed by atoms with Crippen LogP contribution in [0, 0.1) is 11.8 Å². The number of aryl methyl sites for hydroxylation is 2. The Balaban J connectivity index is 1.22. The lowest BCUT2D eigenvalue weighted by Gasteiger charge is -2.49. The van der Waals surface area contributed by atoms with Crippen molar-refractivity contribution in [2.24, 2.45) is 17.0 Å². The van der Waals surface area contributed by atoms with E-state index in [1.54, 1.807) is 0 Å². The molecule has 1 amide bonds. The van der Waals surface area contributed by atoms with Gasteiger partial charge in [-0.2, -0.15) is 18.7 Å². The molecule has 0 spiro atoms. The van der Waals surface area contributed by atoms with E-state index < -0.39 is 10.3 Å². The molecule has 4 N–H and O–H groups in total. The van der Waals surface area contributed by atoms with E-state index in [2.05, 4.69) is 35.5 Å². The summed E-state index contributed by atoms with van der Waals surface area (Å²) in [6.07, 6.45) is 6.23. The third-order valence-corrected chi connectivity index (χ3v) is 9.90. The first-order valence-electron chi connectivity index (χ1n) is 14.0. The van der Waals surface area contributed by atoms with Gasteiger partial charge in [0.1, 0.15) is 11.4 Å². The number of rotatable bonds is 7. The first-order valence-corrected chi connectivity index (χ1v) is 15.4. The standard InChI is InChI=1S/C30H36N4O4S/c1-3-19-15-23-20(16-26(19)38-39(31,36)37)9-10-22-21(23)11-13-30(2)25(22)17-24-27(33-34-28(24)30)29(35)32-14-12-18-7-5-4-6-8-18/h4-8,15-16,21-22,25H,3,9-14,17H2,1-2H3,(H,32,35)(H,33,34)(H2,31,36,37). The van der Waals surface area contributed by atoms with Crippen molar-refractivity contribution in [1.29, 1.82) is 0 Å². The van der Waals surface area contributed by atoms with Crippen LogP contribution >= 0.6 is 0 Å². The number of aromatic amines is 1. The Morgan fingerprint density at radius 3 is 2.77 bits per heavy atom. The van der Waals surface area contributed by atoms with E-state index >= 15 is 0 Å². The summed E-state index contributed by atoms with van der Waals surface area (Å²) in [5, 5.41) is 16.1. The number of aromatic nitrogens is 2. The average Bonchev–Trinajstić information content (AvgIpc) is 3.46. The molecule has 4 atom stereocenters. The second-order valence-corrected chi connectivity index (χ2v) is 12.7. The summed E-state index contributed by atoms with van der Waals surface area (Å²) >= 11 is 0. The molecule has 0 aliphatic heterocycles. The molecular formula is C30H36N4O4S. The van der Waals surface area contributed by atoms with Gasteiger partial charge in [0.25, 0.3) is 5.91 Å². The molecule has 3 aliphatic carbocycles. The molecule has 6 rings (SSSR count). The zero-order valence-electron chi connectivity index (χ0n) is 22.5. The Morgan fingerprint density at radius 1 is 1.23 bits per heavy atom. The van der Waals surface area contributed by atoms with Crippen LogP contribution in [0.3, 0.4) is 0 Å². The molecule has 206 valence electrons. The maximum absolute atomic E-state index is 13.2. The number of hydrogen-bond donors (Lipinski definition) is 3. The lowest BCUT2D eigenvalue weighted by Crippen LogP contribution is -2.43. The molecule has 39 heavy (non-hydrogen) atoms. The van der Waals surface area contributed by atoms with Crippen molar-refractivity contribution in [3.8, 4) is 5.75 Å². The van der Waals surface area contributed by atoms with Crippen LogP contribution in [0.5, 0.6) is 5.75 Å². The van der Waals surface area contributed by atoms with E-state index in [1.807, 2.05) is 31.2 Å². The van der Waals surface area contributed by atoms with E-state index in [9.17, 15) is 13.2 Å². The molecule has 1 saturated carbocycles. The van der Waals surface area contributed by atoms with E-state index in [-0.39, 0.29) is 11.3 Å². The minimum Gasteiger partial charge on any atom is -0.371 e. The van der Waals surface area contributed by atoms with Crippen LogP contribution in [0.25, 0.3) is 0 Å². The van der Waals surface area contributed by atoms with E-state index in [1.165, 1.54) is 11.1 Å². The number of amides is 1. The summed E-state index contributed by atoms with van der Waals surface area (Å²) in [5.74, 6) is 1.56. The number of benzene rings is 2. The first kappa shape index (κ1) is 26.1. The number of hydrogen-bond acceptors (Lipinski definition) is 5. The van der Waals surface area contributed by atoms with Crippen molar-refractivity contribution in [1.82, 2.24) is 15.5 Å². The van der Waals surface area contributed by atoms with E-state index in [0.29, 0.717) is 42.2 Å². The van der Waals surface area contributed by atoms with Crippen molar-refractivity contribution in [2.75, 3.05) is 6.54 Å². The maximum Gasteiger partial charge on any atom is 0.380 e. The minimum atomic E-state index is -4.08. The lowest BCUT2D eigenvalue weighted by atomic mass is 9.55. The molecule has 3 aromatic rings. The molecule has 1 aromatic heterocycles. The third-order valence-electron chi connectivity index (χ3n) is 9.48. The van der Waals surface area contributed by atoms with Gasteiger partial charge < -0.3 is 9.50 Å². The molecule has 3 aliphatic rings. The van der Waals surface area contributed by atoms with Crippen LogP contribution in [-0.4, -0.2) is 31.1 Å². The molecule has 4 unspecified atom stereocenters. The second kappa shape index (κ2) is 9.78. The summed E-state index contributed by atoms with van der Waals surface area (Å²) in [7, 11) is -4.08. The predicted octanol–water partition coefficient (Wildman–Crippen LogP) is 4.10. The number of carbonyl (C=O) groups is 1. The summed E-state index contributed by atoms with van der Waals surface area (Å²) in [6.45, 7) is 4.90. The highest BCUT2D eigenvalue weighted by atomic mass is 32.2. The normalized spacial score (nSPS) is 25.3. The van der Waals surface area contributed by atoms with Gasteiger partial charge in [-0.1, -0.05) is 50.2 Å². The Kier molecular flexibility index (Phi) is 6.54. The van der Waals surface area contributed by atoms with Crippen molar-refractivity contribution in [3.63, 3.8) is 0 Å². The Labute approximate surface area is 230 Å². The Hall–Kier alpha value is -3.17. The Bertz CT molecular complexity index is 1520. The van der Waals surface area contributed by atoms with Crippen molar-refractivity contribution < 1.29 is 17.4 Å². The van der Waals surface area contributed by atoms with E-state index in [4.69, 9.17) is 14.4 Å². The quantitative estimate of drug-likeness (QED) is 0.410. The van der Waals surface area contributed by atoms with Gasteiger partial charge in [-0.25, -0.2) is 0 Å². The number of nitrogens with two attached hydrogens (primary N) is 1. The van der Waals surface area contributed by atoms with Crippen LogP contribution in [0.4, 0.5) is 0 Å². The number of H-pyrrole nitrogens is 1. The number of nitrogens with zero attached hydrogens (tertiary/aromatic N) is 1. The molecule has 9 heteroatoms. The minimum absolute atomic E-state index is 0.0582. The summed E-state index contributed by atoms with van der Waals surface area (Å²) < 4.78 is 28.4. The third kappa shape index (κ3) is 4.65. The van der Waals surface area contributed by atoms with Gasteiger partial charge in [0, 0.05) is 17.5 Å². The summed E-state index contributed by atoms with van der Waals surface area (Å²) in [6, 6.07) is 14.2. The zero-order valence-corrected chi connectivity index (χ0v) is 23.3. The highest BCUT2D eigenvalue weighted by molar-refractivity contribution is 7.84. The van der Waals surface area contributed by atoms with Crippen LogP contribution in [0.15, 0.2) is 42.5 Å². The highest BCUT2D eigenvalue weighted by Gasteiger charge is 2.55. The molecule has 8 nitrogen and oxygen atoms in total. The summed E-state index contributed by atoms with van der Waals surface area (Å²) in [5.41, 5.74) is 7.24. The molecular weight excluding hydrogens is 512 g/mol. The van der Waals surface area contributed by atoms with Crippen LogP contribution in [0.2, 0.25) is 0 Å². The van der Waals surface area contributed by atoms with Gasteiger partial charge in [0.05, 0.1) is 5.69 Å². The maximum atomic E-state index is 13.2. The molecule has 0 radical (unpaired) electrons. The largest absolute Gasteiger partial charge is 0.380 e. The van der Waals surface area contributed by atoms with Crippen LogP contribution in [-0.2, 0) is 41.4 Å². The SMILES string of the molecule is CCc1cc2c(cc1OS(N)(=O)=O)CCC1C2CCC2(C)c3n[nH]c(C(=O)NCCc4ccccc4)c3CC12. The first-order chi connectivity index (χ1) is 18.7. The smallest absolute Gasteiger partial charge is 0.371 e. The number of nitrogens with one attached hydrogen (secondary N) is 2. The predicted molar refractivity (Wildman–Crippen MR) is 149 cm³/mol.